The summed E-state index contributed by atoms with van der Waals surface area (Å²) in [5.74, 6) is 0.545. The van der Waals surface area contributed by atoms with Crippen LogP contribution < -0.4 is 10.6 Å². The molecule has 2 N–H and O–H groups in total. The lowest BCUT2D eigenvalue weighted by atomic mass is 10.1. The summed E-state index contributed by atoms with van der Waals surface area (Å²) in [7, 11) is 0. The minimum absolute atomic E-state index is 0.102. The summed E-state index contributed by atoms with van der Waals surface area (Å²) in [5, 5.41) is 14.8. The number of carbonyl (C=O) groups is 1. The molecule has 0 fully saturated rings. The summed E-state index contributed by atoms with van der Waals surface area (Å²) in [5.41, 5.74) is 6.77. The van der Waals surface area contributed by atoms with Crippen LogP contribution in [0, 0.1) is 13.8 Å². The third-order valence-corrected chi connectivity index (χ3v) is 4.93. The van der Waals surface area contributed by atoms with Crippen LogP contribution in [0.1, 0.15) is 27.0 Å². The first kappa shape index (κ1) is 20.3. The number of rotatable bonds is 6. The molecule has 5 heteroatoms. The SMILES string of the molecule is Cc1cccc(CNC(=O)c2ccc(Nc3ccc(-c4cccc(C)c4)nn3)cc2)c1. The van der Waals surface area contributed by atoms with E-state index >= 15 is 0 Å². The van der Waals surface area contributed by atoms with E-state index in [4.69, 9.17) is 0 Å². The van der Waals surface area contributed by atoms with Crippen molar-refractivity contribution in [2.24, 2.45) is 0 Å². The zero-order valence-electron chi connectivity index (χ0n) is 17.6. The second kappa shape index (κ2) is 9.22. The molecule has 0 atom stereocenters. The van der Waals surface area contributed by atoms with Crippen LogP contribution >= 0.6 is 0 Å². The zero-order valence-corrected chi connectivity index (χ0v) is 17.6. The number of anilines is 2. The van der Waals surface area contributed by atoms with Crippen molar-refractivity contribution in [2.75, 3.05) is 5.32 Å². The number of benzene rings is 3. The Morgan fingerprint density at radius 2 is 1.55 bits per heavy atom. The molecular weight excluding hydrogens is 384 g/mol. The van der Waals surface area contributed by atoms with E-state index in [0.717, 1.165) is 22.5 Å². The molecule has 0 radical (unpaired) electrons. The number of nitrogens with one attached hydrogen (secondary N) is 2. The van der Waals surface area contributed by atoms with Gasteiger partial charge in [-0.3, -0.25) is 4.79 Å². The van der Waals surface area contributed by atoms with Gasteiger partial charge in [-0.15, -0.1) is 10.2 Å². The molecule has 0 bridgehead atoms. The van der Waals surface area contributed by atoms with E-state index in [9.17, 15) is 4.79 Å². The number of amides is 1. The first-order valence-electron chi connectivity index (χ1n) is 10.2. The first-order chi connectivity index (χ1) is 15.1. The van der Waals surface area contributed by atoms with E-state index in [-0.39, 0.29) is 5.91 Å². The van der Waals surface area contributed by atoms with E-state index in [1.54, 1.807) is 12.1 Å². The van der Waals surface area contributed by atoms with Crippen LogP contribution in [0.15, 0.2) is 84.9 Å². The maximum atomic E-state index is 12.4. The number of hydrogen-bond acceptors (Lipinski definition) is 4. The quantitative estimate of drug-likeness (QED) is 0.446. The standard InChI is InChI=1S/C26H24N4O/c1-18-5-3-7-20(15-18)17-27-26(31)21-9-11-23(12-10-21)28-25-14-13-24(29-30-25)22-8-4-6-19(2)16-22/h3-16H,17H2,1-2H3,(H,27,31)(H,28,30). The van der Waals surface area contributed by atoms with Gasteiger partial charge < -0.3 is 10.6 Å². The van der Waals surface area contributed by atoms with E-state index in [2.05, 4.69) is 46.0 Å². The molecule has 0 aliphatic heterocycles. The van der Waals surface area contributed by atoms with Gasteiger partial charge in [-0.2, -0.15) is 0 Å². The molecule has 0 saturated heterocycles. The average Bonchev–Trinajstić information content (AvgIpc) is 2.78. The molecule has 4 rings (SSSR count). The van der Waals surface area contributed by atoms with Crippen molar-refractivity contribution in [3.63, 3.8) is 0 Å². The fraction of sp³-hybridized carbons (Fsp3) is 0.115. The van der Waals surface area contributed by atoms with Gasteiger partial charge in [0.05, 0.1) is 5.69 Å². The van der Waals surface area contributed by atoms with Crippen molar-refractivity contribution in [3.05, 3.63) is 107 Å². The Labute approximate surface area is 182 Å². The predicted molar refractivity (Wildman–Crippen MR) is 124 cm³/mol. The summed E-state index contributed by atoms with van der Waals surface area (Å²) in [6, 6.07) is 27.4. The molecule has 154 valence electrons. The highest BCUT2D eigenvalue weighted by atomic mass is 16.1. The molecule has 1 heterocycles. The van der Waals surface area contributed by atoms with Gasteiger partial charge >= 0.3 is 0 Å². The number of hydrogen-bond donors (Lipinski definition) is 2. The Bertz CT molecular complexity index is 1180. The molecule has 4 aromatic rings. The zero-order chi connectivity index (χ0) is 21.6. The highest BCUT2D eigenvalue weighted by Crippen LogP contribution is 2.20. The third-order valence-electron chi connectivity index (χ3n) is 4.93. The highest BCUT2D eigenvalue weighted by molar-refractivity contribution is 5.94. The van der Waals surface area contributed by atoms with E-state index < -0.39 is 0 Å². The fourth-order valence-electron chi connectivity index (χ4n) is 3.32. The predicted octanol–water partition coefficient (Wildman–Crippen LogP) is 5.43. The summed E-state index contributed by atoms with van der Waals surface area (Å²) in [6.07, 6.45) is 0. The maximum Gasteiger partial charge on any atom is 0.251 e. The smallest absolute Gasteiger partial charge is 0.251 e. The fourth-order valence-corrected chi connectivity index (χ4v) is 3.32. The van der Waals surface area contributed by atoms with E-state index in [1.165, 1.54) is 11.1 Å². The van der Waals surface area contributed by atoms with Crippen LogP contribution in [-0.4, -0.2) is 16.1 Å². The molecule has 0 spiro atoms. The van der Waals surface area contributed by atoms with Gasteiger partial charge in [0.2, 0.25) is 0 Å². The van der Waals surface area contributed by atoms with Gasteiger partial charge in [-0.25, -0.2) is 0 Å². The lowest BCUT2D eigenvalue weighted by Crippen LogP contribution is -2.22. The third kappa shape index (κ3) is 5.34. The molecule has 1 amide bonds. The van der Waals surface area contributed by atoms with Crippen molar-refractivity contribution in [2.45, 2.75) is 20.4 Å². The molecule has 0 unspecified atom stereocenters. The van der Waals surface area contributed by atoms with Crippen LogP contribution in [0.3, 0.4) is 0 Å². The first-order valence-corrected chi connectivity index (χ1v) is 10.2. The van der Waals surface area contributed by atoms with Crippen molar-refractivity contribution < 1.29 is 4.79 Å². The summed E-state index contributed by atoms with van der Waals surface area (Å²) in [6.45, 7) is 4.60. The maximum absolute atomic E-state index is 12.4. The Kier molecular flexibility index (Phi) is 6.03. The van der Waals surface area contributed by atoms with Gasteiger partial charge in [-0.1, -0.05) is 53.6 Å². The molecule has 0 aliphatic rings. The number of aryl methyl sites for hydroxylation is 2. The topological polar surface area (TPSA) is 66.9 Å². The van der Waals surface area contributed by atoms with Crippen LogP contribution in [0.25, 0.3) is 11.3 Å². The van der Waals surface area contributed by atoms with E-state index in [1.807, 2.05) is 61.5 Å². The van der Waals surface area contributed by atoms with Gasteiger partial charge in [0.15, 0.2) is 5.82 Å². The minimum atomic E-state index is -0.102. The second-order valence-electron chi connectivity index (χ2n) is 7.55. The molecule has 31 heavy (non-hydrogen) atoms. The Balaban J connectivity index is 1.36. The minimum Gasteiger partial charge on any atom is -0.348 e. The van der Waals surface area contributed by atoms with Crippen molar-refractivity contribution in [1.82, 2.24) is 15.5 Å². The molecule has 0 aliphatic carbocycles. The molecule has 0 saturated carbocycles. The summed E-state index contributed by atoms with van der Waals surface area (Å²) < 4.78 is 0. The van der Waals surface area contributed by atoms with Gasteiger partial charge in [0.1, 0.15) is 0 Å². The van der Waals surface area contributed by atoms with Crippen LogP contribution in [-0.2, 0) is 6.54 Å². The molecule has 1 aromatic heterocycles. The van der Waals surface area contributed by atoms with Crippen LogP contribution in [0.5, 0.6) is 0 Å². The normalized spacial score (nSPS) is 10.5. The Hall–Kier alpha value is -3.99. The number of nitrogens with zero attached hydrogens (tertiary/aromatic N) is 2. The second-order valence-corrected chi connectivity index (χ2v) is 7.55. The molecule has 3 aromatic carbocycles. The largest absolute Gasteiger partial charge is 0.348 e. The van der Waals surface area contributed by atoms with Crippen molar-refractivity contribution in [3.8, 4) is 11.3 Å². The summed E-state index contributed by atoms with van der Waals surface area (Å²) in [4.78, 5) is 12.4. The Morgan fingerprint density at radius 3 is 2.23 bits per heavy atom. The number of carbonyl (C=O) groups excluding carboxylic acids is 1. The van der Waals surface area contributed by atoms with Crippen LogP contribution in [0.4, 0.5) is 11.5 Å². The lowest BCUT2D eigenvalue weighted by Gasteiger charge is -2.09. The molecule has 5 nitrogen and oxygen atoms in total. The monoisotopic (exact) mass is 408 g/mol. The lowest BCUT2D eigenvalue weighted by molar-refractivity contribution is 0.0951. The van der Waals surface area contributed by atoms with Gasteiger partial charge in [0, 0.05) is 23.4 Å². The Morgan fingerprint density at radius 1 is 0.806 bits per heavy atom. The summed E-state index contributed by atoms with van der Waals surface area (Å²) >= 11 is 0. The van der Waals surface area contributed by atoms with E-state index in [0.29, 0.717) is 17.9 Å². The van der Waals surface area contributed by atoms with Crippen LogP contribution in [0.2, 0.25) is 0 Å². The highest BCUT2D eigenvalue weighted by Gasteiger charge is 2.06. The van der Waals surface area contributed by atoms with Crippen molar-refractivity contribution >= 4 is 17.4 Å². The average molecular weight is 409 g/mol. The molecular formula is C26H24N4O. The van der Waals surface area contributed by atoms with Gasteiger partial charge in [0.25, 0.3) is 5.91 Å². The van der Waals surface area contributed by atoms with Gasteiger partial charge in [-0.05, 0) is 61.9 Å². The number of aromatic nitrogens is 2. The van der Waals surface area contributed by atoms with Crippen molar-refractivity contribution in [1.29, 1.82) is 0 Å².